The van der Waals surface area contributed by atoms with Crippen LogP contribution in [0.1, 0.15) is 49.2 Å². The highest BCUT2D eigenvalue weighted by Gasteiger charge is 2.30. The van der Waals surface area contributed by atoms with E-state index in [2.05, 4.69) is 11.9 Å². The Bertz CT molecular complexity index is 490. The van der Waals surface area contributed by atoms with Crippen molar-refractivity contribution in [2.24, 2.45) is 0 Å². The third-order valence-corrected chi connectivity index (χ3v) is 3.78. The van der Waals surface area contributed by atoms with Crippen LogP contribution in [-0.4, -0.2) is 39.6 Å². The molecule has 5 heteroatoms. The van der Waals surface area contributed by atoms with E-state index in [0.29, 0.717) is 37.3 Å². The number of hydrogen-bond acceptors (Lipinski definition) is 4. The van der Waals surface area contributed by atoms with Crippen molar-refractivity contribution >= 4 is 11.7 Å². The third-order valence-electron chi connectivity index (χ3n) is 3.78. The van der Waals surface area contributed by atoms with Gasteiger partial charge in [-0.15, -0.1) is 0 Å². The number of nitrogen functional groups attached to an aromatic ring is 1. The molecule has 1 aromatic rings. The summed E-state index contributed by atoms with van der Waals surface area (Å²) >= 11 is 0. The summed E-state index contributed by atoms with van der Waals surface area (Å²) < 4.78 is 0. The first kappa shape index (κ1) is 14.8. The number of amides is 1. The summed E-state index contributed by atoms with van der Waals surface area (Å²) in [6, 6.07) is 3.46. The predicted octanol–water partition coefficient (Wildman–Crippen LogP) is 1.60. The average molecular weight is 277 g/mol. The molecule has 0 saturated carbocycles. The Labute approximate surface area is 119 Å². The van der Waals surface area contributed by atoms with Crippen molar-refractivity contribution in [1.29, 1.82) is 0 Å². The summed E-state index contributed by atoms with van der Waals surface area (Å²) in [4.78, 5) is 18.5. The largest absolute Gasteiger partial charge is 0.390 e. The number of pyridine rings is 1. The molecule has 20 heavy (non-hydrogen) atoms. The molecule has 1 aromatic heterocycles. The van der Waals surface area contributed by atoms with Crippen LogP contribution in [0.4, 0.5) is 5.82 Å². The predicted molar refractivity (Wildman–Crippen MR) is 78.4 cm³/mol. The van der Waals surface area contributed by atoms with Crippen LogP contribution in [0, 0.1) is 0 Å². The number of aryl methyl sites for hydroxylation is 1. The first-order chi connectivity index (χ1) is 9.41. The van der Waals surface area contributed by atoms with Crippen molar-refractivity contribution in [3.8, 4) is 0 Å². The number of likely N-dealkylation sites (tertiary alicyclic amines) is 1. The van der Waals surface area contributed by atoms with Crippen LogP contribution in [0.5, 0.6) is 0 Å². The molecule has 0 bridgehead atoms. The number of carbonyl (C=O) groups excluding carboxylic acids is 1. The van der Waals surface area contributed by atoms with Gasteiger partial charge in [0.15, 0.2) is 0 Å². The molecule has 110 valence electrons. The topological polar surface area (TPSA) is 79.5 Å². The second kappa shape index (κ2) is 5.79. The van der Waals surface area contributed by atoms with Crippen LogP contribution in [0.3, 0.4) is 0 Å². The van der Waals surface area contributed by atoms with Crippen molar-refractivity contribution < 1.29 is 9.90 Å². The second-order valence-electron chi connectivity index (χ2n) is 5.81. The summed E-state index contributed by atoms with van der Waals surface area (Å²) in [5.74, 6) is 0.371. The number of carbonyl (C=O) groups is 1. The van der Waals surface area contributed by atoms with Crippen LogP contribution in [-0.2, 0) is 6.42 Å². The minimum Gasteiger partial charge on any atom is -0.390 e. The lowest BCUT2D eigenvalue weighted by Gasteiger charge is -2.35. The van der Waals surface area contributed by atoms with Crippen LogP contribution in [0.25, 0.3) is 0 Å². The summed E-state index contributed by atoms with van der Waals surface area (Å²) in [5.41, 5.74) is 6.59. The quantitative estimate of drug-likeness (QED) is 0.879. The highest BCUT2D eigenvalue weighted by Crippen LogP contribution is 2.23. The van der Waals surface area contributed by atoms with Gasteiger partial charge in [-0.3, -0.25) is 4.79 Å². The van der Waals surface area contributed by atoms with Gasteiger partial charge >= 0.3 is 0 Å². The van der Waals surface area contributed by atoms with E-state index in [1.54, 1.807) is 11.0 Å². The van der Waals surface area contributed by atoms with Crippen LogP contribution in [0.2, 0.25) is 0 Å². The maximum Gasteiger partial charge on any atom is 0.254 e. The fourth-order valence-electron chi connectivity index (χ4n) is 2.49. The molecule has 2 heterocycles. The monoisotopic (exact) mass is 277 g/mol. The van der Waals surface area contributed by atoms with E-state index in [1.807, 2.05) is 13.0 Å². The fraction of sp³-hybridized carbons (Fsp3) is 0.600. The van der Waals surface area contributed by atoms with E-state index in [9.17, 15) is 9.90 Å². The minimum absolute atomic E-state index is 0.0213. The molecular weight excluding hydrogens is 254 g/mol. The Balaban J connectivity index is 2.13. The number of aliphatic hydroxyl groups is 1. The maximum atomic E-state index is 12.5. The first-order valence-electron chi connectivity index (χ1n) is 7.19. The zero-order chi connectivity index (χ0) is 14.8. The standard InChI is InChI=1S/C15H23N3O2/c1-3-4-12-9-11(10-13(16)17-12)14(19)18-7-5-15(2,20)6-8-18/h9-10,20H,3-8H2,1-2H3,(H2,16,17). The normalized spacial score (nSPS) is 18.1. The van der Waals surface area contributed by atoms with Gasteiger partial charge in [-0.2, -0.15) is 0 Å². The number of anilines is 1. The molecular formula is C15H23N3O2. The van der Waals surface area contributed by atoms with Gasteiger partial charge in [0.1, 0.15) is 5.82 Å². The average Bonchev–Trinajstić information content (AvgIpc) is 2.37. The lowest BCUT2D eigenvalue weighted by atomic mass is 9.93. The molecule has 2 rings (SSSR count). The van der Waals surface area contributed by atoms with Crippen molar-refractivity contribution in [1.82, 2.24) is 9.88 Å². The maximum absolute atomic E-state index is 12.5. The molecule has 0 aliphatic carbocycles. The Morgan fingerprint density at radius 3 is 2.70 bits per heavy atom. The molecule has 0 spiro atoms. The van der Waals surface area contributed by atoms with Gasteiger partial charge < -0.3 is 15.7 Å². The summed E-state index contributed by atoms with van der Waals surface area (Å²) in [5, 5.41) is 9.93. The smallest absolute Gasteiger partial charge is 0.254 e. The molecule has 3 N–H and O–H groups in total. The molecule has 1 aliphatic rings. The third kappa shape index (κ3) is 3.48. The SMILES string of the molecule is CCCc1cc(C(=O)N2CCC(C)(O)CC2)cc(N)n1. The Kier molecular flexibility index (Phi) is 4.28. The van der Waals surface area contributed by atoms with Crippen molar-refractivity contribution in [3.05, 3.63) is 23.4 Å². The molecule has 0 aromatic carbocycles. The van der Waals surface area contributed by atoms with Crippen molar-refractivity contribution in [2.45, 2.75) is 45.1 Å². The molecule has 1 saturated heterocycles. The zero-order valence-electron chi connectivity index (χ0n) is 12.2. The molecule has 0 radical (unpaired) electrons. The number of piperidine rings is 1. The van der Waals surface area contributed by atoms with Gasteiger partial charge in [-0.05, 0) is 38.3 Å². The number of aromatic nitrogens is 1. The zero-order valence-corrected chi connectivity index (χ0v) is 12.2. The lowest BCUT2D eigenvalue weighted by Crippen LogP contribution is -2.45. The van der Waals surface area contributed by atoms with E-state index >= 15 is 0 Å². The number of rotatable bonds is 3. The molecule has 1 aliphatic heterocycles. The summed E-state index contributed by atoms with van der Waals surface area (Å²) in [6.45, 7) is 5.05. The molecule has 5 nitrogen and oxygen atoms in total. The number of nitrogens with zero attached hydrogens (tertiary/aromatic N) is 2. The van der Waals surface area contributed by atoms with E-state index < -0.39 is 5.60 Å². The van der Waals surface area contributed by atoms with Gasteiger partial charge in [0.05, 0.1) is 5.60 Å². The van der Waals surface area contributed by atoms with E-state index in [1.165, 1.54) is 0 Å². The number of nitrogens with two attached hydrogens (primary N) is 1. The molecule has 0 unspecified atom stereocenters. The van der Waals surface area contributed by atoms with E-state index in [-0.39, 0.29) is 5.91 Å². The first-order valence-corrected chi connectivity index (χ1v) is 7.19. The molecule has 1 fully saturated rings. The number of hydrogen-bond donors (Lipinski definition) is 2. The van der Waals surface area contributed by atoms with E-state index in [0.717, 1.165) is 18.5 Å². The Hall–Kier alpha value is -1.62. The highest BCUT2D eigenvalue weighted by molar-refractivity contribution is 5.95. The highest BCUT2D eigenvalue weighted by atomic mass is 16.3. The van der Waals surface area contributed by atoms with E-state index in [4.69, 9.17) is 5.73 Å². The Morgan fingerprint density at radius 1 is 1.45 bits per heavy atom. The van der Waals surface area contributed by atoms with Gasteiger partial charge in [0, 0.05) is 24.3 Å². The van der Waals surface area contributed by atoms with Gasteiger partial charge in [0.25, 0.3) is 5.91 Å². The van der Waals surface area contributed by atoms with Crippen LogP contribution >= 0.6 is 0 Å². The summed E-state index contributed by atoms with van der Waals surface area (Å²) in [6.07, 6.45) is 3.01. The summed E-state index contributed by atoms with van der Waals surface area (Å²) in [7, 11) is 0. The molecule has 1 amide bonds. The Morgan fingerprint density at radius 2 is 2.10 bits per heavy atom. The second-order valence-corrected chi connectivity index (χ2v) is 5.81. The van der Waals surface area contributed by atoms with Gasteiger partial charge in [-0.25, -0.2) is 4.98 Å². The fourth-order valence-corrected chi connectivity index (χ4v) is 2.49. The van der Waals surface area contributed by atoms with Gasteiger partial charge in [-0.1, -0.05) is 13.3 Å². The minimum atomic E-state index is -0.651. The van der Waals surface area contributed by atoms with Gasteiger partial charge in [0.2, 0.25) is 0 Å². The molecule has 0 atom stereocenters. The van der Waals surface area contributed by atoms with Crippen molar-refractivity contribution in [2.75, 3.05) is 18.8 Å². The van der Waals surface area contributed by atoms with Crippen LogP contribution in [0.15, 0.2) is 12.1 Å². The van der Waals surface area contributed by atoms with Crippen molar-refractivity contribution in [3.63, 3.8) is 0 Å². The van der Waals surface area contributed by atoms with Crippen LogP contribution < -0.4 is 5.73 Å². The lowest BCUT2D eigenvalue weighted by molar-refractivity contribution is -0.00203.